The zero-order chi connectivity index (χ0) is 14.9. The summed E-state index contributed by atoms with van der Waals surface area (Å²) in [6, 6.07) is 3.65. The first kappa shape index (κ1) is 14.9. The Labute approximate surface area is 126 Å². The summed E-state index contributed by atoms with van der Waals surface area (Å²) in [4.78, 5) is 10.7. The molecule has 0 amide bonds. The Bertz CT molecular complexity index is 773. The van der Waals surface area contributed by atoms with Gasteiger partial charge in [-0.05, 0) is 41.1 Å². The van der Waals surface area contributed by atoms with Gasteiger partial charge in [0.15, 0.2) is 0 Å². The molecule has 0 aliphatic rings. The Morgan fingerprint density at radius 3 is 2.60 bits per heavy atom. The summed E-state index contributed by atoms with van der Waals surface area (Å²) >= 11 is 4.16. The van der Waals surface area contributed by atoms with E-state index in [1.54, 1.807) is 6.92 Å². The molecule has 106 valence electrons. The van der Waals surface area contributed by atoms with Crippen LogP contribution >= 0.6 is 27.3 Å². The van der Waals surface area contributed by atoms with Crippen molar-refractivity contribution >= 4 is 48.4 Å². The number of aryl methyl sites for hydroxylation is 1. The number of sulfonamides is 1. The molecule has 0 saturated carbocycles. The first-order chi connectivity index (χ1) is 9.29. The summed E-state index contributed by atoms with van der Waals surface area (Å²) in [7, 11) is -3.86. The molecule has 2 aromatic rings. The molecular weight excluding hydrogens is 370 g/mol. The topological polar surface area (TPSA) is 109 Å². The van der Waals surface area contributed by atoms with Crippen molar-refractivity contribution in [2.75, 3.05) is 4.72 Å². The lowest BCUT2D eigenvalue weighted by molar-refractivity contribution is 0.0696. The first-order valence-corrected chi connectivity index (χ1v) is 8.24. The molecule has 0 unspecified atom stereocenters. The highest BCUT2D eigenvalue weighted by molar-refractivity contribution is 9.10. The lowest BCUT2D eigenvalue weighted by Gasteiger charge is -2.07. The number of nitrogens with zero attached hydrogens (tertiary/aromatic N) is 2. The van der Waals surface area contributed by atoms with Gasteiger partial charge in [-0.3, -0.25) is 4.72 Å². The van der Waals surface area contributed by atoms with Crippen molar-refractivity contribution in [2.45, 2.75) is 11.8 Å². The van der Waals surface area contributed by atoms with Gasteiger partial charge in [0.05, 0.1) is 5.56 Å². The van der Waals surface area contributed by atoms with Crippen LogP contribution < -0.4 is 4.72 Å². The highest BCUT2D eigenvalue weighted by atomic mass is 79.9. The smallest absolute Gasteiger partial charge is 0.335 e. The Hall–Kier alpha value is -1.52. The highest BCUT2D eigenvalue weighted by Crippen LogP contribution is 2.26. The molecule has 2 N–H and O–H groups in total. The first-order valence-electron chi connectivity index (χ1n) is 5.15. The molecule has 0 aliphatic heterocycles. The number of halogens is 1. The molecule has 0 fully saturated rings. The van der Waals surface area contributed by atoms with E-state index in [4.69, 9.17) is 5.11 Å². The quantitative estimate of drug-likeness (QED) is 0.844. The molecule has 0 saturated heterocycles. The van der Waals surface area contributed by atoms with E-state index in [1.807, 2.05) is 0 Å². The van der Waals surface area contributed by atoms with E-state index in [1.165, 1.54) is 18.2 Å². The van der Waals surface area contributed by atoms with Gasteiger partial charge in [-0.2, -0.15) is 0 Å². The van der Waals surface area contributed by atoms with Crippen LogP contribution in [0.4, 0.5) is 5.13 Å². The van der Waals surface area contributed by atoms with Gasteiger partial charge in [0, 0.05) is 4.47 Å². The molecule has 0 aliphatic carbocycles. The van der Waals surface area contributed by atoms with Crippen molar-refractivity contribution in [1.82, 2.24) is 10.2 Å². The minimum absolute atomic E-state index is 0.0115. The Morgan fingerprint density at radius 2 is 2.10 bits per heavy atom. The van der Waals surface area contributed by atoms with Crippen LogP contribution in [0.25, 0.3) is 0 Å². The normalized spacial score (nSPS) is 11.3. The molecule has 0 spiro atoms. The Balaban J connectivity index is 2.37. The Morgan fingerprint density at radius 1 is 1.40 bits per heavy atom. The number of nitrogens with one attached hydrogen (secondary N) is 1. The summed E-state index contributed by atoms with van der Waals surface area (Å²) in [6.07, 6.45) is 0. The molecule has 0 bridgehead atoms. The third-order valence-corrected chi connectivity index (χ3v) is 5.42. The third-order valence-electron chi connectivity index (χ3n) is 2.22. The highest BCUT2D eigenvalue weighted by Gasteiger charge is 2.20. The number of benzene rings is 1. The van der Waals surface area contributed by atoms with Gasteiger partial charge >= 0.3 is 5.97 Å². The second-order valence-corrected chi connectivity index (χ2v) is 7.37. The van der Waals surface area contributed by atoms with E-state index in [9.17, 15) is 13.2 Å². The van der Waals surface area contributed by atoms with E-state index >= 15 is 0 Å². The molecule has 1 heterocycles. The number of carbonyl (C=O) groups is 1. The lowest BCUT2D eigenvalue weighted by atomic mass is 10.2. The van der Waals surface area contributed by atoms with E-state index in [2.05, 4.69) is 30.8 Å². The van der Waals surface area contributed by atoms with Gasteiger partial charge in [0.2, 0.25) is 5.13 Å². The van der Waals surface area contributed by atoms with Crippen LogP contribution in [-0.4, -0.2) is 29.7 Å². The molecular formula is C10H8BrN3O4S2. The van der Waals surface area contributed by atoms with Gasteiger partial charge in [-0.1, -0.05) is 11.3 Å². The number of anilines is 1. The third kappa shape index (κ3) is 3.14. The van der Waals surface area contributed by atoms with E-state index in [-0.39, 0.29) is 20.1 Å². The van der Waals surface area contributed by atoms with Gasteiger partial charge in [-0.15, -0.1) is 10.2 Å². The van der Waals surface area contributed by atoms with E-state index in [0.29, 0.717) is 5.01 Å². The van der Waals surface area contributed by atoms with Crippen molar-refractivity contribution in [3.05, 3.63) is 33.2 Å². The predicted octanol–water partition coefficient (Wildman–Crippen LogP) is 2.11. The molecule has 1 aromatic heterocycles. The minimum atomic E-state index is -3.86. The number of hydrogen-bond donors (Lipinski definition) is 2. The van der Waals surface area contributed by atoms with Crippen LogP contribution in [0.1, 0.15) is 15.4 Å². The van der Waals surface area contributed by atoms with Crippen LogP contribution in [0.3, 0.4) is 0 Å². The van der Waals surface area contributed by atoms with Crippen LogP contribution in [0.2, 0.25) is 0 Å². The van der Waals surface area contributed by atoms with E-state index in [0.717, 1.165) is 11.3 Å². The van der Waals surface area contributed by atoms with Crippen molar-refractivity contribution in [1.29, 1.82) is 0 Å². The summed E-state index contributed by atoms with van der Waals surface area (Å²) < 4.78 is 26.8. The SMILES string of the molecule is Cc1nnc(NS(=O)(=O)c2ccc(C(=O)O)cc2Br)s1. The maximum absolute atomic E-state index is 12.2. The summed E-state index contributed by atoms with van der Waals surface area (Å²) in [6.45, 7) is 1.70. The zero-order valence-corrected chi connectivity index (χ0v) is 13.2. The minimum Gasteiger partial charge on any atom is -0.478 e. The standard InChI is InChI=1S/C10H8BrN3O4S2/c1-5-12-13-10(19-5)14-20(17,18)8-3-2-6(9(15)16)4-7(8)11/h2-4H,1H3,(H,13,14)(H,15,16). The van der Waals surface area contributed by atoms with Crippen molar-refractivity contribution in [3.8, 4) is 0 Å². The number of aromatic nitrogens is 2. The second kappa shape index (κ2) is 5.46. The fourth-order valence-corrected chi connectivity index (χ4v) is 4.26. The molecule has 20 heavy (non-hydrogen) atoms. The predicted molar refractivity (Wildman–Crippen MR) is 76.6 cm³/mol. The number of rotatable bonds is 4. The summed E-state index contributed by atoms with van der Waals surface area (Å²) in [5.74, 6) is -1.14. The van der Waals surface area contributed by atoms with Gasteiger partial charge in [-0.25, -0.2) is 13.2 Å². The number of carboxylic acids is 1. The Kier molecular flexibility index (Phi) is 4.06. The zero-order valence-electron chi connectivity index (χ0n) is 9.99. The maximum Gasteiger partial charge on any atom is 0.335 e. The summed E-state index contributed by atoms with van der Waals surface area (Å²) in [5.41, 5.74) is -0.0115. The van der Waals surface area contributed by atoms with Crippen molar-refractivity contribution < 1.29 is 18.3 Å². The largest absolute Gasteiger partial charge is 0.478 e. The van der Waals surface area contributed by atoms with Gasteiger partial charge < -0.3 is 5.11 Å². The molecule has 0 radical (unpaired) electrons. The number of carboxylic acid groups (broad SMARTS) is 1. The molecule has 10 heteroatoms. The monoisotopic (exact) mass is 377 g/mol. The van der Waals surface area contributed by atoms with Gasteiger partial charge in [0.1, 0.15) is 9.90 Å². The number of hydrogen-bond acceptors (Lipinski definition) is 6. The van der Waals surface area contributed by atoms with E-state index < -0.39 is 16.0 Å². The fourth-order valence-electron chi connectivity index (χ4n) is 1.36. The van der Waals surface area contributed by atoms with Crippen LogP contribution in [0.15, 0.2) is 27.6 Å². The number of aromatic carboxylic acids is 1. The van der Waals surface area contributed by atoms with Crippen molar-refractivity contribution in [2.24, 2.45) is 0 Å². The van der Waals surface area contributed by atoms with Crippen molar-refractivity contribution in [3.63, 3.8) is 0 Å². The lowest BCUT2D eigenvalue weighted by Crippen LogP contribution is -2.14. The molecule has 0 atom stereocenters. The average Bonchev–Trinajstić information content (AvgIpc) is 2.73. The van der Waals surface area contributed by atoms with Crippen LogP contribution in [0.5, 0.6) is 0 Å². The summed E-state index contributed by atoms with van der Waals surface area (Å²) in [5, 5.41) is 17.0. The molecule has 1 aromatic carbocycles. The second-order valence-electron chi connectivity index (χ2n) is 3.68. The fraction of sp³-hybridized carbons (Fsp3) is 0.100. The molecule has 2 rings (SSSR count). The van der Waals surface area contributed by atoms with Gasteiger partial charge in [0.25, 0.3) is 10.0 Å². The van der Waals surface area contributed by atoms with Crippen LogP contribution in [0, 0.1) is 6.92 Å². The maximum atomic E-state index is 12.2. The molecule has 7 nitrogen and oxygen atoms in total. The van der Waals surface area contributed by atoms with Crippen LogP contribution in [-0.2, 0) is 10.0 Å². The average molecular weight is 378 g/mol.